The first-order valence-electron chi connectivity index (χ1n) is 6.23. The largest absolute Gasteiger partial charge is 0.366 e. The van der Waals surface area contributed by atoms with Gasteiger partial charge in [-0.05, 0) is 30.7 Å². The highest BCUT2D eigenvalue weighted by Gasteiger charge is 2.11. The molecule has 0 atom stereocenters. The zero-order valence-corrected chi connectivity index (χ0v) is 11.6. The summed E-state index contributed by atoms with van der Waals surface area (Å²) in [5, 5.41) is 9.85. The summed E-state index contributed by atoms with van der Waals surface area (Å²) in [6, 6.07) is 17.8. The van der Waals surface area contributed by atoms with E-state index in [4.69, 9.17) is 11.6 Å². The molecule has 0 unspecified atom stereocenters. The number of hydrogen-bond donors (Lipinski definition) is 0. The van der Waals surface area contributed by atoms with Crippen LogP contribution in [-0.2, 0) is 6.54 Å². The van der Waals surface area contributed by atoms with Gasteiger partial charge in [0.25, 0.3) is 0 Å². The average molecular weight is 271 g/mol. The summed E-state index contributed by atoms with van der Waals surface area (Å²) in [6.07, 6.45) is 0. The summed E-state index contributed by atoms with van der Waals surface area (Å²) in [4.78, 5) is 2.15. The second-order valence-corrected chi connectivity index (χ2v) is 4.71. The van der Waals surface area contributed by atoms with Crippen molar-refractivity contribution >= 4 is 17.3 Å². The number of halogens is 1. The minimum atomic E-state index is 0.653. The maximum atomic E-state index is 9.20. The van der Waals surface area contributed by atoms with Gasteiger partial charge in [-0.15, -0.1) is 0 Å². The van der Waals surface area contributed by atoms with E-state index in [0.717, 1.165) is 18.8 Å². The quantitative estimate of drug-likeness (QED) is 0.831. The van der Waals surface area contributed by atoms with E-state index in [0.29, 0.717) is 10.6 Å². The maximum Gasteiger partial charge on any atom is 0.101 e. The second kappa shape index (κ2) is 6.26. The van der Waals surface area contributed by atoms with Gasteiger partial charge in [0.15, 0.2) is 0 Å². The van der Waals surface area contributed by atoms with Crippen molar-refractivity contribution in [3.05, 3.63) is 64.7 Å². The van der Waals surface area contributed by atoms with Crippen LogP contribution < -0.4 is 4.90 Å². The summed E-state index contributed by atoms with van der Waals surface area (Å²) in [5.74, 6) is 0. The molecule has 2 rings (SSSR count). The molecule has 0 radical (unpaired) electrons. The van der Waals surface area contributed by atoms with Gasteiger partial charge in [0, 0.05) is 18.1 Å². The van der Waals surface area contributed by atoms with Crippen molar-refractivity contribution in [2.75, 3.05) is 11.4 Å². The highest BCUT2D eigenvalue weighted by molar-refractivity contribution is 6.30. The lowest BCUT2D eigenvalue weighted by Crippen LogP contribution is -2.22. The molecule has 0 saturated heterocycles. The Balaban J connectivity index is 2.32. The summed E-state index contributed by atoms with van der Waals surface area (Å²) < 4.78 is 0. The first-order chi connectivity index (χ1) is 9.24. The molecular formula is C16H15ClN2. The third-order valence-corrected chi connectivity index (χ3v) is 3.25. The SMILES string of the molecule is CCN(Cc1ccccc1)c1cc(Cl)ccc1C#N. The van der Waals surface area contributed by atoms with E-state index in [2.05, 4.69) is 30.0 Å². The van der Waals surface area contributed by atoms with Crippen LogP contribution in [0.2, 0.25) is 5.02 Å². The van der Waals surface area contributed by atoms with E-state index >= 15 is 0 Å². The number of anilines is 1. The highest BCUT2D eigenvalue weighted by Crippen LogP contribution is 2.25. The number of benzene rings is 2. The molecule has 0 saturated carbocycles. The fourth-order valence-electron chi connectivity index (χ4n) is 2.03. The normalized spacial score (nSPS) is 9.95. The van der Waals surface area contributed by atoms with Crippen LogP contribution in [0.15, 0.2) is 48.5 Å². The Bertz CT molecular complexity index is 587. The van der Waals surface area contributed by atoms with Crippen LogP contribution >= 0.6 is 11.6 Å². The van der Waals surface area contributed by atoms with Gasteiger partial charge < -0.3 is 4.90 Å². The van der Waals surface area contributed by atoms with E-state index in [9.17, 15) is 5.26 Å². The van der Waals surface area contributed by atoms with Gasteiger partial charge in [0.1, 0.15) is 6.07 Å². The van der Waals surface area contributed by atoms with E-state index in [1.807, 2.05) is 24.3 Å². The van der Waals surface area contributed by atoms with Crippen LogP contribution in [0.1, 0.15) is 18.1 Å². The Morgan fingerprint density at radius 2 is 1.89 bits per heavy atom. The number of hydrogen-bond acceptors (Lipinski definition) is 2. The summed E-state index contributed by atoms with van der Waals surface area (Å²) in [5.41, 5.74) is 2.76. The predicted octanol–water partition coefficient (Wildman–Crippen LogP) is 4.24. The molecule has 19 heavy (non-hydrogen) atoms. The molecule has 0 amide bonds. The van der Waals surface area contributed by atoms with Crippen LogP contribution in [0.3, 0.4) is 0 Å². The minimum absolute atomic E-state index is 0.653. The molecule has 0 aliphatic carbocycles. The molecule has 0 bridgehead atoms. The molecule has 0 aliphatic rings. The lowest BCUT2D eigenvalue weighted by Gasteiger charge is -2.24. The summed E-state index contributed by atoms with van der Waals surface area (Å²) in [7, 11) is 0. The lowest BCUT2D eigenvalue weighted by atomic mass is 10.1. The van der Waals surface area contributed by atoms with Gasteiger partial charge in [-0.25, -0.2) is 0 Å². The zero-order valence-electron chi connectivity index (χ0n) is 10.8. The molecule has 0 heterocycles. The monoisotopic (exact) mass is 270 g/mol. The summed E-state index contributed by atoms with van der Waals surface area (Å²) >= 11 is 6.04. The predicted molar refractivity (Wildman–Crippen MR) is 79.3 cm³/mol. The molecule has 2 aromatic rings. The molecule has 0 aromatic heterocycles. The van der Waals surface area contributed by atoms with Gasteiger partial charge in [0.2, 0.25) is 0 Å². The first-order valence-corrected chi connectivity index (χ1v) is 6.61. The molecule has 0 N–H and O–H groups in total. The average Bonchev–Trinajstić information content (AvgIpc) is 2.46. The molecule has 2 aromatic carbocycles. The smallest absolute Gasteiger partial charge is 0.101 e. The van der Waals surface area contributed by atoms with Gasteiger partial charge in [0.05, 0.1) is 11.3 Å². The third kappa shape index (κ3) is 3.27. The van der Waals surface area contributed by atoms with Gasteiger partial charge >= 0.3 is 0 Å². The minimum Gasteiger partial charge on any atom is -0.366 e. The van der Waals surface area contributed by atoms with Crippen LogP contribution in [0.4, 0.5) is 5.69 Å². The van der Waals surface area contributed by atoms with Crippen LogP contribution in [0.25, 0.3) is 0 Å². The van der Waals surface area contributed by atoms with Crippen molar-refractivity contribution in [1.82, 2.24) is 0 Å². The highest BCUT2D eigenvalue weighted by atomic mass is 35.5. The Kier molecular flexibility index (Phi) is 4.43. The number of nitriles is 1. The van der Waals surface area contributed by atoms with Gasteiger partial charge in [-0.1, -0.05) is 41.9 Å². The van der Waals surface area contributed by atoms with Crippen molar-refractivity contribution < 1.29 is 0 Å². The Morgan fingerprint density at radius 3 is 2.53 bits per heavy atom. The molecular weight excluding hydrogens is 256 g/mol. The molecule has 96 valence electrons. The Hall–Kier alpha value is -1.98. The molecule has 0 fully saturated rings. The maximum absolute atomic E-state index is 9.20. The van der Waals surface area contributed by atoms with Crippen LogP contribution in [0, 0.1) is 11.3 Å². The fourth-order valence-corrected chi connectivity index (χ4v) is 2.20. The van der Waals surface area contributed by atoms with E-state index in [1.54, 1.807) is 12.1 Å². The zero-order chi connectivity index (χ0) is 13.7. The van der Waals surface area contributed by atoms with Gasteiger partial charge in [-0.2, -0.15) is 5.26 Å². The van der Waals surface area contributed by atoms with E-state index in [1.165, 1.54) is 5.56 Å². The molecule has 0 aliphatic heterocycles. The molecule has 0 spiro atoms. The van der Waals surface area contributed by atoms with Crippen molar-refractivity contribution in [3.8, 4) is 6.07 Å². The second-order valence-electron chi connectivity index (χ2n) is 4.27. The van der Waals surface area contributed by atoms with Crippen LogP contribution in [-0.4, -0.2) is 6.54 Å². The number of nitrogens with zero attached hydrogens (tertiary/aromatic N) is 2. The van der Waals surface area contributed by atoms with Crippen molar-refractivity contribution in [2.24, 2.45) is 0 Å². The van der Waals surface area contributed by atoms with E-state index < -0.39 is 0 Å². The number of rotatable bonds is 4. The Morgan fingerprint density at radius 1 is 1.16 bits per heavy atom. The van der Waals surface area contributed by atoms with Crippen molar-refractivity contribution in [3.63, 3.8) is 0 Å². The first kappa shape index (κ1) is 13.5. The van der Waals surface area contributed by atoms with E-state index in [-0.39, 0.29) is 0 Å². The topological polar surface area (TPSA) is 27.0 Å². The van der Waals surface area contributed by atoms with Gasteiger partial charge in [-0.3, -0.25) is 0 Å². The lowest BCUT2D eigenvalue weighted by molar-refractivity contribution is 0.830. The summed E-state index contributed by atoms with van der Waals surface area (Å²) in [6.45, 7) is 3.67. The third-order valence-electron chi connectivity index (χ3n) is 3.02. The van der Waals surface area contributed by atoms with Crippen molar-refractivity contribution in [1.29, 1.82) is 5.26 Å². The van der Waals surface area contributed by atoms with Crippen molar-refractivity contribution in [2.45, 2.75) is 13.5 Å². The molecule has 3 heteroatoms. The standard InChI is InChI=1S/C16H15ClN2/c1-2-19(12-13-6-4-3-5-7-13)16-10-15(17)9-8-14(16)11-18/h3-10H,2,12H2,1H3. The van der Waals surface area contributed by atoms with Crippen LogP contribution in [0.5, 0.6) is 0 Å². The molecule has 2 nitrogen and oxygen atoms in total. The fraction of sp³-hybridized carbons (Fsp3) is 0.188. The Labute approximate surface area is 118 Å².